The highest BCUT2D eigenvalue weighted by Gasteiger charge is 2.25. The van der Waals surface area contributed by atoms with Crippen molar-refractivity contribution >= 4 is 17.0 Å². The zero-order valence-corrected chi connectivity index (χ0v) is 15.6. The van der Waals surface area contributed by atoms with Gasteiger partial charge >= 0.3 is 0 Å². The Morgan fingerprint density at radius 3 is 2.43 bits per heavy atom. The summed E-state index contributed by atoms with van der Waals surface area (Å²) in [6.07, 6.45) is 8.65. The highest BCUT2D eigenvalue weighted by atomic mass is 14.9. The molecule has 3 rings (SSSR count). The van der Waals surface area contributed by atoms with Gasteiger partial charge in [0.1, 0.15) is 0 Å². The van der Waals surface area contributed by atoms with E-state index in [0.717, 1.165) is 18.5 Å². The quantitative estimate of drug-likeness (QED) is 0.698. The summed E-state index contributed by atoms with van der Waals surface area (Å²) in [7, 11) is 0. The largest absolute Gasteiger partial charge is 0.384 e. The molecule has 0 spiro atoms. The predicted molar refractivity (Wildman–Crippen MR) is 104 cm³/mol. The van der Waals surface area contributed by atoms with E-state index in [0.29, 0.717) is 12.0 Å². The van der Waals surface area contributed by atoms with Crippen molar-refractivity contribution in [2.45, 2.75) is 60.4 Å². The Kier molecular flexibility index (Phi) is 8.39. The predicted octanol–water partition coefficient (Wildman–Crippen LogP) is 6.13. The van der Waals surface area contributed by atoms with Crippen LogP contribution in [0.4, 0.5) is 5.69 Å². The molecule has 0 amide bonds. The first-order valence-electron chi connectivity index (χ1n) is 9.08. The van der Waals surface area contributed by atoms with E-state index >= 15 is 0 Å². The van der Waals surface area contributed by atoms with Crippen LogP contribution in [0.25, 0.3) is 5.57 Å². The Balaban J connectivity index is 0.000000615. The molecule has 0 aromatic heterocycles. The van der Waals surface area contributed by atoms with Crippen LogP contribution in [0.2, 0.25) is 0 Å². The fourth-order valence-electron chi connectivity index (χ4n) is 2.83. The molecule has 2 heteroatoms. The first-order valence-corrected chi connectivity index (χ1v) is 9.08. The number of hydrogen-bond donors (Lipinski definition) is 1. The van der Waals surface area contributed by atoms with Crippen LogP contribution in [0.3, 0.4) is 0 Å². The number of nitrogens with zero attached hydrogens (tertiary/aromatic N) is 1. The van der Waals surface area contributed by atoms with Gasteiger partial charge in [0.05, 0.1) is 11.7 Å². The van der Waals surface area contributed by atoms with Gasteiger partial charge in [-0.1, -0.05) is 71.9 Å². The minimum absolute atomic E-state index is 0.382. The van der Waals surface area contributed by atoms with E-state index in [1.807, 2.05) is 27.7 Å². The van der Waals surface area contributed by atoms with Crippen LogP contribution in [0, 0.1) is 5.92 Å². The van der Waals surface area contributed by atoms with Gasteiger partial charge in [-0.25, -0.2) is 0 Å². The van der Waals surface area contributed by atoms with Crippen LogP contribution in [-0.2, 0) is 0 Å². The van der Waals surface area contributed by atoms with Crippen molar-refractivity contribution in [1.29, 1.82) is 0 Å². The molecule has 2 heterocycles. The molecule has 0 aliphatic carbocycles. The van der Waals surface area contributed by atoms with Gasteiger partial charge in [0.25, 0.3) is 0 Å². The Labute approximate surface area is 142 Å². The third-order valence-electron chi connectivity index (χ3n) is 4.00. The molecule has 1 aromatic rings. The lowest BCUT2D eigenvalue weighted by Crippen LogP contribution is -2.26. The average molecular weight is 313 g/mol. The summed E-state index contributed by atoms with van der Waals surface area (Å²) in [4.78, 5) is 4.82. The minimum Gasteiger partial charge on any atom is -0.384 e. The average Bonchev–Trinajstić information content (AvgIpc) is 2.95. The molecule has 2 aliphatic heterocycles. The summed E-state index contributed by atoms with van der Waals surface area (Å²) in [5.74, 6) is 0.530. The molecule has 23 heavy (non-hydrogen) atoms. The highest BCUT2D eigenvalue weighted by molar-refractivity contribution is 5.94. The van der Waals surface area contributed by atoms with Crippen molar-refractivity contribution in [1.82, 2.24) is 5.32 Å². The molecular formula is C21H32N2. The summed E-state index contributed by atoms with van der Waals surface area (Å²) in [5, 5.41) is 3.48. The van der Waals surface area contributed by atoms with Crippen molar-refractivity contribution in [2.75, 3.05) is 0 Å². The second kappa shape index (κ2) is 10.0. The monoisotopic (exact) mass is 312 g/mol. The second-order valence-electron chi connectivity index (χ2n) is 5.27. The van der Waals surface area contributed by atoms with Gasteiger partial charge < -0.3 is 5.32 Å². The van der Waals surface area contributed by atoms with Gasteiger partial charge in [-0.3, -0.25) is 4.99 Å². The first kappa shape index (κ1) is 19.2. The van der Waals surface area contributed by atoms with Crippen molar-refractivity contribution in [3.63, 3.8) is 0 Å². The third kappa shape index (κ3) is 4.57. The normalized spacial score (nSPS) is 21.3. The van der Waals surface area contributed by atoms with Gasteiger partial charge in [-0.05, 0) is 24.3 Å². The molecule has 2 aliphatic rings. The van der Waals surface area contributed by atoms with Crippen molar-refractivity contribution in [3.05, 3.63) is 48.2 Å². The van der Waals surface area contributed by atoms with E-state index in [-0.39, 0.29) is 0 Å². The smallest absolute Gasteiger partial charge is 0.0704 e. The Hall–Kier alpha value is -1.83. The zero-order chi connectivity index (χ0) is 17.2. The van der Waals surface area contributed by atoms with Crippen LogP contribution in [0.5, 0.6) is 0 Å². The molecule has 2 unspecified atom stereocenters. The number of para-hydroxylation sites is 1. The maximum absolute atomic E-state index is 4.82. The molecule has 0 radical (unpaired) electrons. The Morgan fingerprint density at radius 1 is 1.13 bits per heavy atom. The maximum Gasteiger partial charge on any atom is 0.0704 e. The lowest BCUT2D eigenvalue weighted by molar-refractivity contribution is 0.620. The zero-order valence-electron chi connectivity index (χ0n) is 15.6. The highest BCUT2D eigenvalue weighted by Crippen LogP contribution is 2.35. The molecule has 1 N–H and O–H groups in total. The van der Waals surface area contributed by atoms with Crippen LogP contribution < -0.4 is 5.32 Å². The molecule has 0 saturated carbocycles. The van der Waals surface area contributed by atoms with Gasteiger partial charge in [-0.15, -0.1) is 0 Å². The number of benzene rings is 1. The van der Waals surface area contributed by atoms with Gasteiger partial charge in [0, 0.05) is 23.6 Å². The van der Waals surface area contributed by atoms with Crippen molar-refractivity contribution in [3.8, 4) is 0 Å². The SMILES string of the molecule is CC.CC.CCC1=Nc2ccccc2C(C2NC=CC2C)=CC1. The van der Waals surface area contributed by atoms with E-state index in [2.05, 4.69) is 61.8 Å². The van der Waals surface area contributed by atoms with E-state index < -0.39 is 0 Å². The van der Waals surface area contributed by atoms with Crippen LogP contribution >= 0.6 is 0 Å². The number of rotatable bonds is 2. The first-order chi connectivity index (χ1) is 11.3. The molecular weight excluding hydrogens is 280 g/mol. The van der Waals surface area contributed by atoms with Gasteiger partial charge in [0.15, 0.2) is 0 Å². The Bertz CT molecular complexity index is 567. The Morgan fingerprint density at radius 2 is 1.83 bits per heavy atom. The summed E-state index contributed by atoms with van der Waals surface area (Å²) in [6.45, 7) is 12.4. The van der Waals surface area contributed by atoms with Crippen LogP contribution in [-0.4, -0.2) is 11.8 Å². The third-order valence-corrected chi connectivity index (χ3v) is 4.00. The lowest BCUT2D eigenvalue weighted by atomic mass is 9.90. The summed E-state index contributed by atoms with van der Waals surface area (Å²) >= 11 is 0. The summed E-state index contributed by atoms with van der Waals surface area (Å²) < 4.78 is 0. The number of aliphatic imine (C=N–C) groups is 1. The number of hydrogen-bond acceptors (Lipinski definition) is 2. The van der Waals surface area contributed by atoms with Gasteiger partial charge in [-0.2, -0.15) is 0 Å². The molecule has 1 aromatic carbocycles. The summed E-state index contributed by atoms with van der Waals surface area (Å²) in [6, 6.07) is 8.87. The second-order valence-corrected chi connectivity index (χ2v) is 5.27. The molecule has 2 atom stereocenters. The fraction of sp³-hybridized carbons (Fsp3) is 0.476. The lowest BCUT2D eigenvalue weighted by Gasteiger charge is -2.21. The summed E-state index contributed by atoms with van der Waals surface area (Å²) in [5.41, 5.74) is 5.05. The standard InChI is InChI=1S/C17H20N2.2C2H6/c1-3-13-8-9-15(17-12(2)10-11-18-17)14-6-4-5-7-16(14)19-13;2*1-2/h4-7,9-12,17-18H,3,8H2,1-2H3;2*1-2H3. The minimum atomic E-state index is 0.382. The molecule has 2 nitrogen and oxygen atoms in total. The van der Waals surface area contributed by atoms with E-state index in [4.69, 9.17) is 4.99 Å². The molecule has 0 saturated heterocycles. The number of nitrogens with one attached hydrogen (secondary N) is 1. The maximum atomic E-state index is 4.82. The van der Waals surface area contributed by atoms with Crippen molar-refractivity contribution in [2.24, 2.45) is 10.9 Å². The van der Waals surface area contributed by atoms with Gasteiger partial charge in [0.2, 0.25) is 0 Å². The fourth-order valence-corrected chi connectivity index (χ4v) is 2.83. The number of fused-ring (bicyclic) bond motifs is 1. The van der Waals surface area contributed by atoms with E-state index in [1.165, 1.54) is 16.8 Å². The molecule has 0 fully saturated rings. The number of allylic oxidation sites excluding steroid dienone is 1. The van der Waals surface area contributed by atoms with Crippen LogP contribution in [0.15, 0.2) is 47.6 Å². The molecule has 0 bridgehead atoms. The van der Waals surface area contributed by atoms with Crippen molar-refractivity contribution < 1.29 is 0 Å². The topological polar surface area (TPSA) is 24.4 Å². The van der Waals surface area contributed by atoms with E-state index in [1.54, 1.807) is 0 Å². The van der Waals surface area contributed by atoms with E-state index in [9.17, 15) is 0 Å². The van der Waals surface area contributed by atoms with Crippen LogP contribution in [0.1, 0.15) is 59.9 Å². The molecule has 126 valence electrons.